The van der Waals surface area contributed by atoms with Crippen molar-refractivity contribution in [3.8, 4) is 0 Å². The third-order valence-electron chi connectivity index (χ3n) is 1.60. The molecule has 0 aliphatic heterocycles. The summed E-state index contributed by atoms with van der Waals surface area (Å²) in [6, 6.07) is 5.98. The highest BCUT2D eigenvalue weighted by atomic mass is 19.0. The first-order valence-corrected chi connectivity index (χ1v) is 3.26. The van der Waals surface area contributed by atoms with E-state index < -0.39 is 0 Å². The summed E-state index contributed by atoms with van der Waals surface area (Å²) >= 11 is 0. The van der Waals surface area contributed by atoms with Crippen molar-refractivity contribution in [1.82, 2.24) is 9.38 Å². The fraction of sp³-hybridized carbons (Fsp3) is 0.125. The van der Waals surface area contributed by atoms with Crippen LogP contribution in [0, 0.1) is 6.92 Å². The van der Waals surface area contributed by atoms with Crippen LogP contribution in [0.3, 0.4) is 0 Å². The van der Waals surface area contributed by atoms with E-state index in [9.17, 15) is 0 Å². The third-order valence-corrected chi connectivity index (χ3v) is 1.60. The zero-order valence-electron chi connectivity index (χ0n) is 6.19. The maximum Gasteiger partial charge on any atom is 0.136 e. The maximum absolute atomic E-state index is 4.18. The quantitative estimate of drug-likeness (QED) is 0.562. The van der Waals surface area contributed by atoms with Gasteiger partial charge in [-0.05, 0) is 19.1 Å². The second-order valence-corrected chi connectivity index (χ2v) is 2.33. The predicted octanol–water partition coefficient (Wildman–Crippen LogP) is 1.80. The van der Waals surface area contributed by atoms with Gasteiger partial charge in [-0.2, -0.15) is 0 Å². The van der Waals surface area contributed by atoms with Crippen LogP contribution in [-0.2, 0) is 0 Å². The van der Waals surface area contributed by atoms with Gasteiger partial charge in [-0.3, -0.25) is 4.70 Å². The summed E-state index contributed by atoms with van der Waals surface area (Å²) in [4.78, 5) is 4.18. The molecule has 0 fully saturated rings. The highest BCUT2D eigenvalue weighted by molar-refractivity contribution is 5.39. The summed E-state index contributed by atoms with van der Waals surface area (Å²) in [6.07, 6.45) is 3.88. The summed E-state index contributed by atoms with van der Waals surface area (Å²) in [5.74, 6) is 0. The SMILES string of the molecule is Cc1cnc2ccccn12.F. The van der Waals surface area contributed by atoms with E-state index in [0.717, 1.165) is 5.65 Å². The molecule has 0 aliphatic rings. The van der Waals surface area contributed by atoms with E-state index >= 15 is 0 Å². The molecule has 0 saturated carbocycles. The van der Waals surface area contributed by atoms with Gasteiger partial charge in [-0.1, -0.05) is 6.07 Å². The van der Waals surface area contributed by atoms with Gasteiger partial charge >= 0.3 is 0 Å². The summed E-state index contributed by atoms with van der Waals surface area (Å²) < 4.78 is 2.06. The molecule has 3 heteroatoms. The second kappa shape index (κ2) is 2.70. The normalized spacial score (nSPS) is 9.55. The standard InChI is InChI=1S/C8H8N2.FH/c1-7-6-9-8-4-2-3-5-10(7)8;/h2-6H,1H3;1H. The molecule has 0 saturated heterocycles. The number of fused-ring (bicyclic) bond motifs is 1. The van der Waals surface area contributed by atoms with Gasteiger partial charge in [0.25, 0.3) is 0 Å². The molecule has 0 amide bonds. The largest absolute Gasteiger partial charge is 0.304 e. The van der Waals surface area contributed by atoms with Crippen LogP contribution in [0.2, 0.25) is 0 Å². The Hall–Kier alpha value is -1.38. The molecule has 58 valence electrons. The number of aromatic nitrogens is 2. The molecule has 0 radical (unpaired) electrons. The molecule has 0 unspecified atom stereocenters. The Balaban J connectivity index is 0.000000605. The zero-order chi connectivity index (χ0) is 6.97. The monoisotopic (exact) mass is 152 g/mol. The van der Waals surface area contributed by atoms with Crippen LogP contribution >= 0.6 is 0 Å². The van der Waals surface area contributed by atoms with E-state index in [1.54, 1.807) is 0 Å². The minimum absolute atomic E-state index is 0. The summed E-state index contributed by atoms with van der Waals surface area (Å²) in [5.41, 5.74) is 2.19. The molecular formula is C8H9FN2. The van der Waals surface area contributed by atoms with Crippen molar-refractivity contribution in [3.63, 3.8) is 0 Å². The second-order valence-electron chi connectivity index (χ2n) is 2.33. The lowest BCUT2D eigenvalue weighted by atomic mass is 10.4. The van der Waals surface area contributed by atoms with Crippen molar-refractivity contribution in [1.29, 1.82) is 0 Å². The Morgan fingerprint density at radius 1 is 1.36 bits per heavy atom. The van der Waals surface area contributed by atoms with Gasteiger partial charge in [0.15, 0.2) is 0 Å². The molecule has 0 spiro atoms. The van der Waals surface area contributed by atoms with E-state index in [2.05, 4.69) is 9.38 Å². The first kappa shape index (κ1) is 7.72. The lowest BCUT2D eigenvalue weighted by Gasteiger charge is -1.91. The molecule has 0 aliphatic carbocycles. The molecule has 11 heavy (non-hydrogen) atoms. The average Bonchev–Trinajstić information content (AvgIpc) is 2.34. The highest BCUT2D eigenvalue weighted by Gasteiger charge is 1.93. The summed E-state index contributed by atoms with van der Waals surface area (Å²) in [5, 5.41) is 0. The molecule has 0 atom stereocenters. The lowest BCUT2D eigenvalue weighted by Crippen LogP contribution is -1.83. The van der Waals surface area contributed by atoms with Crippen LogP contribution in [0.15, 0.2) is 30.6 Å². The molecule has 2 aromatic heterocycles. The summed E-state index contributed by atoms with van der Waals surface area (Å²) in [6.45, 7) is 2.04. The maximum atomic E-state index is 4.18. The van der Waals surface area contributed by atoms with E-state index in [-0.39, 0.29) is 4.70 Å². The van der Waals surface area contributed by atoms with Gasteiger partial charge < -0.3 is 4.40 Å². The third kappa shape index (κ3) is 1.09. The van der Waals surface area contributed by atoms with E-state index in [1.165, 1.54) is 5.69 Å². The fourth-order valence-corrected chi connectivity index (χ4v) is 1.06. The van der Waals surface area contributed by atoms with Gasteiger partial charge in [0.1, 0.15) is 5.65 Å². The van der Waals surface area contributed by atoms with Gasteiger partial charge in [-0.15, -0.1) is 0 Å². The van der Waals surface area contributed by atoms with Crippen LogP contribution in [-0.4, -0.2) is 9.38 Å². The molecule has 2 aromatic rings. The Bertz CT molecular complexity index is 354. The Labute approximate surface area is 63.9 Å². The smallest absolute Gasteiger partial charge is 0.136 e. The molecule has 2 heterocycles. The van der Waals surface area contributed by atoms with Crippen LogP contribution in [0.5, 0.6) is 0 Å². The van der Waals surface area contributed by atoms with Crippen molar-refractivity contribution in [2.45, 2.75) is 6.92 Å². The first-order valence-electron chi connectivity index (χ1n) is 3.26. The molecule has 0 bridgehead atoms. The van der Waals surface area contributed by atoms with Crippen molar-refractivity contribution >= 4 is 5.65 Å². The van der Waals surface area contributed by atoms with Crippen molar-refractivity contribution in [2.75, 3.05) is 0 Å². The minimum Gasteiger partial charge on any atom is -0.304 e. The van der Waals surface area contributed by atoms with Crippen LogP contribution in [0.1, 0.15) is 5.69 Å². The van der Waals surface area contributed by atoms with Gasteiger partial charge in [0, 0.05) is 18.1 Å². The van der Waals surface area contributed by atoms with Gasteiger partial charge in [0.2, 0.25) is 0 Å². The Morgan fingerprint density at radius 2 is 2.18 bits per heavy atom. The van der Waals surface area contributed by atoms with Crippen LogP contribution < -0.4 is 0 Å². The average molecular weight is 152 g/mol. The topological polar surface area (TPSA) is 17.3 Å². The van der Waals surface area contributed by atoms with Crippen molar-refractivity contribution < 1.29 is 4.70 Å². The molecule has 2 rings (SSSR count). The number of pyridine rings is 1. The molecular weight excluding hydrogens is 143 g/mol. The number of aryl methyl sites for hydroxylation is 1. The number of rotatable bonds is 0. The van der Waals surface area contributed by atoms with Crippen LogP contribution in [0.4, 0.5) is 4.70 Å². The number of hydrogen-bond acceptors (Lipinski definition) is 1. The van der Waals surface area contributed by atoms with Crippen molar-refractivity contribution in [3.05, 3.63) is 36.3 Å². The van der Waals surface area contributed by atoms with Crippen molar-refractivity contribution in [2.24, 2.45) is 0 Å². The van der Waals surface area contributed by atoms with Gasteiger partial charge in [0.05, 0.1) is 0 Å². The number of halogens is 1. The Morgan fingerprint density at radius 3 is 2.91 bits per heavy atom. The number of imidazole rings is 1. The lowest BCUT2D eigenvalue weighted by molar-refractivity contribution is 1.11. The molecule has 2 nitrogen and oxygen atoms in total. The number of hydrogen-bond donors (Lipinski definition) is 0. The Kier molecular flexibility index (Phi) is 1.89. The van der Waals surface area contributed by atoms with Gasteiger partial charge in [-0.25, -0.2) is 4.98 Å². The first-order chi connectivity index (χ1) is 4.88. The highest BCUT2D eigenvalue weighted by Crippen LogP contribution is 2.02. The molecule has 0 aromatic carbocycles. The minimum atomic E-state index is 0. The number of nitrogens with zero attached hydrogens (tertiary/aromatic N) is 2. The van der Waals surface area contributed by atoms with E-state index in [0.29, 0.717) is 0 Å². The molecule has 0 N–H and O–H groups in total. The van der Waals surface area contributed by atoms with Crippen LogP contribution in [0.25, 0.3) is 5.65 Å². The van der Waals surface area contributed by atoms with E-state index in [1.807, 2.05) is 37.5 Å². The van der Waals surface area contributed by atoms with E-state index in [4.69, 9.17) is 0 Å². The fourth-order valence-electron chi connectivity index (χ4n) is 1.06. The predicted molar refractivity (Wildman–Crippen MR) is 42.4 cm³/mol. The zero-order valence-corrected chi connectivity index (χ0v) is 6.19. The summed E-state index contributed by atoms with van der Waals surface area (Å²) in [7, 11) is 0.